The molecule has 0 fully saturated rings. The van der Waals surface area contributed by atoms with Gasteiger partial charge in [0.1, 0.15) is 5.78 Å². The first kappa shape index (κ1) is 23.8. The second-order valence-electron chi connectivity index (χ2n) is 5.54. The lowest BCUT2D eigenvalue weighted by Crippen LogP contribution is -2.18. The number of hydrogen-bond acceptors (Lipinski definition) is 2. The van der Waals surface area contributed by atoms with Crippen LogP contribution in [0, 0.1) is 12.8 Å². The Kier molecular flexibility index (Phi) is 16.7. The summed E-state index contributed by atoms with van der Waals surface area (Å²) in [5.74, 6) is 0.429. The van der Waals surface area contributed by atoms with Gasteiger partial charge in [-0.15, -0.1) is 0 Å². The molecule has 0 heterocycles. The third-order valence-electron chi connectivity index (χ3n) is 3.20. The van der Waals surface area contributed by atoms with E-state index in [1.165, 1.54) is 24.8 Å². The highest BCUT2D eigenvalue weighted by Crippen LogP contribution is 2.09. The first-order valence-electron chi connectivity index (χ1n) is 8.23. The van der Waals surface area contributed by atoms with Crippen LogP contribution in [0.3, 0.4) is 0 Å². The number of carbonyl (C=O) groups excluding carboxylic acids is 1. The summed E-state index contributed by atoms with van der Waals surface area (Å²) in [6, 6.07) is 7.76. The zero-order valence-corrected chi connectivity index (χ0v) is 16.7. The molecule has 22 heavy (non-hydrogen) atoms. The smallest absolute Gasteiger partial charge is 0.148 e. The Morgan fingerprint density at radius 1 is 1.18 bits per heavy atom. The molecule has 0 aromatic heterocycles. The van der Waals surface area contributed by atoms with Gasteiger partial charge in [-0.25, -0.2) is 0 Å². The van der Waals surface area contributed by atoms with E-state index in [-0.39, 0.29) is 17.0 Å². The van der Waals surface area contributed by atoms with Crippen molar-refractivity contribution < 1.29 is 4.79 Å². The highest BCUT2D eigenvalue weighted by Gasteiger charge is 2.14. The van der Waals surface area contributed by atoms with Gasteiger partial charge in [-0.05, 0) is 38.0 Å². The van der Waals surface area contributed by atoms with Crippen LogP contribution in [0.4, 0.5) is 0 Å². The van der Waals surface area contributed by atoms with Crippen molar-refractivity contribution in [1.82, 2.24) is 0 Å². The molecule has 0 aliphatic carbocycles. The summed E-state index contributed by atoms with van der Waals surface area (Å²) in [6.07, 6.45) is 5.00. The van der Waals surface area contributed by atoms with Crippen LogP contribution in [0.25, 0.3) is 0 Å². The SMILES string of the molecule is CCC(C)C(=O)C(C)S.CCCCC.Cc1cccc(Cl)c1. The maximum atomic E-state index is 11.0. The molecule has 1 rings (SSSR count). The molecule has 2 atom stereocenters. The Morgan fingerprint density at radius 2 is 1.73 bits per heavy atom. The molecule has 0 aliphatic rings. The van der Waals surface area contributed by atoms with E-state index in [1.807, 2.05) is 52.0 Å². The first-order valence-corrected chi connectivity index (χ1v) is 9.13. The fourth-order valence-corrected chi connectivity index (χ4v) is 2.07. The van der Waals surface area contributed by atoms with E-state index in [1.54, 1.807) is 0 Å². The molecule has 0 saturated carbocycles. The van der Waals surface area contributed by atoms with E-state index in [2.05, 4.69) is 26.5 Å². The Morgan fingerprint density at radius 3 is 1.91 bits per heavy atom. The lowest BCUT2D eigenvalue weighted by molar-refractivity contribution is -0.121. The van der Waals surface area contributed by atoms with Gasteiger partial charge in [-0.2, -0.15) is 12.6 Å². The summed E-state index contributed by atoms with van der Waals surface area (Å²) < 4.78 is 0. The fourth-order valence-electron chi connectivity index (χ4n) is 1.57. The third kappa shape index (κ3) is 14.5. The Balaban J connectivity index is 0. The van der Waals surface area contributed by atoms with Crippen LogP contribution in [0.2, 0.25) is 5.02 Å². The number of benzene rings is 1. The van der Waals surface area contributed by atoms with Crippen molar-refractivity contribution in [2.45, 2.75) is 72.5 Å². The number of halogens is 1. The molecule has 1 aromatic rings. The minimum absolute atomic E-state index is 0.0973. The lowest BCUT2D eigenvalue weighted by atomic mass is 10.0. The van der Waals surface area contributed by atoms with Gasteiger partial charge >= 0.3 is 0 Å². The summed E-state index contributed by atoms with van der Waals surface area (Å²) in [6.45, 7) is 12.2. The van der Waals surface area contributed by atoms with Crippen molar-refractivity contribution >= 4 is 30.0 Å². The van der Waals surface area contributed by atoms with Gasteiger partial charge in [0.2, 0.25) is 0 Å². The Hall–Kier alpha value is -0.470. The van der Waals surface area contributed by atoms with Crippen LogP contribution in [0.1, 0.15) is 65.9 Å². The molecule has 0 aliphatic heterocycles. The number of aryl methyl sites for hydroxylation is 1. The largest absolute Gasteiger partial charge is 0.298 e. The van der Waals surface area contributed by atoms with Crippen molar-refractivity contribution in [3.8, 4) is 0 Å². The van der Waals surface area contributed by atoms with Crippen LogP contribution >= 0.6 is 24.2 Å². The van der Waals surface area contributed by atoms with Crippen molar-refractivity contribution in [3.05, 3.63) is 34.9 Å². The van der Waals surface area contributed by atoms with Gasteiger partial charge in [0.15, 0.2) is 0 Å². The van der Waals surface area contributed by atoms with E-state index in [0.29, 0.717) is 0 Å². The summed E-state index contributed by atoms with van der Waals surface area (Å²) in [7, 11) is 0. The minimum Gasteiger partial charge on any atom is -0.298 e. The predicted molar refractivity (Wildman–Crippen MR) is 104 cm³/mol. The molecule has 2 unspecified atom stereocenters. The van der Waals surface area contributed by atoms with Crippen LogP contribution in [0.5, 0.6) is 0 Å². The second-order valence-corrected chi connectivity index (χ2v) is 6.75. The molecule has 0 amide bonds. The number of carbonyl (C=O) groups is 1. The average Bonchev–Trinajstić information content (AvgIpc) is 2.47. The molecule has 3 heteroatoms. The standard InChI is InChI=1S/C7H7Cl.C7H14OS.C5H12/c1-6-3-2-4-7(8)5-6;1-4-5(2)7(8)6(3)9;1-3-5-4-2/h2-5H,1H3;5-6,9H,4H2,1-3H3;3-5H2,1-2H3. The van der Waals surface area contributed by atoms with Gasteiger partial charge in [-0.3, -0.25) is 4.79 Å². The maximum Gasteiger partial charge on any atom is 0.148 e. The monoisotopic (exact) mass is 344 g/mol. The van der Waals surface area contributed by atoms with Crippen molar-refractivity contribution in [1.29, 1.82) is 0 Å². The number of rotatable bonds is 5. The number of Topliss-reactive ketones (excluding diaryl/α,β-unsaturated/α-hetero) is 1. The minimum atomic E-state index is -0.0973. The number of thiol groups is 1. The van der Waals surface area contributed by atoms with Crippen molar-refractivity contribution in [2.75, 3.05) is 0 Å². The zero-order chi connectivity index (χ0) is 17.5. The Bertz CT molecular complexity index is 372. The Labute approximate surface area is 148 Å². The highest BCUT2D eigenvalue weighted by molar-refractivity contribution is 7.81. The summed E-state index contributed by atoms with van der Waals surface area (Å²) in [5, 5.41) is 0.713. The molecule has 0 N–H and O–H groups in total. The van der Waals surface area contributed by atoms with E-state index in [0.717, 1.165) is 11.4 Å². The normalized spacial score (nSPS) is 12.2. The number of ketones is 1. The molecule has 0 bridgehead atoms. The molecule has 0 spiro atoms. The van der Waals surface area contributed by atoms with E-state index in [9.17, 15) is 4.79 Å². The summed E-state index contributed by atoms with van der Waals surface area (Å²) >= 11 is 9.68. The lowest BCUT2D eigenvalue weighted by Gasteiger charge is -2.08. The van der Waals surface area contributed by atoms with E-state index in [4.69, 9.17) is 11.6 Å². The molecule has 128 valence electrons. The molecule has 0 saturated heterocycles. The molecule has 1 nitrogen and oxygen atoms in total. The van der Waals surface area contributed by atoms with Gasteiger partial charge in [0.25, 0.3) is 0 Å². The first-order chi connectivity index (χ1) is 10.3. The molecule has 0 radical (unpaired) electrons. The molecular formula is C19H33ClOS. The maximum absolute atomic E-state index is 11.0. The van der Waals surface area contributed by atoms with E-state index >= 15 is 0 Å². The molecular weight excluding hydrogens is 312 g/mol. The van der Waals surface area contributed by atoms with Gasteiger partial charge < -0.3 is 0 Å². The van der Waals surface area contributed by atoms with Gasteiger partial charge in [-0.1, -0.05) is 70.7 Å². The predicted octanol–water partition coefficient (Wildman–Crippen LogP) is 6.76. The average molecular weight is 345 g/mol. The zero-order valence-electron chi connectivity index (χ0n) is 15.0. The van der Waals surface area contributed by atoms with Crippen molar-refractivity contribution in [3.63, 3.8) is 0 Å². The van der Waals surface area contributed by atoms with Crippen LogP contribution in [-0.2, 0) is 4.79 Å². The summed E-state index contributed by atoms with van der Waals surface area (Å²) in [4.78, 5) is 11.0. The van der Waals surface area contributed by atoms with Crippen molar-refractivity contribution in [2.24, 2.45) is 5.92 Å². The number of hydrogen-bond donors (Lipinski definition) is 1. The third-order valence-corrected chi connectivity index (χ3v) is 3.69. The van der Waals surface area contributed by atoms with Crippen LogP contribution in [0.15, 0.2) is 24.3 Å². The van der Waals surface area contributed by atoms with Crippen LogP contribution in [-0.4, -0.2) is 11.0 Å². The summed E-state index contributed by atoms with van der Waals surface area (Å²) in [5.41, 5.74) is 1.21. The molecule has 1 aromatic carbocycles. The number of unbranched alkanes of at least 4 members (excludes halogenated alkanes) is 2. The highest BCUT2D eigenvalue weighted by atomic mass is 35.5. The van der Waals surface area contributed by atoms with Gasteiger partial charge in [0, 0.05) is 10.9 Å². The fraction of sp³-hybridized carbons (Fsp3) is 0.632. The van der Waals surface area contributed by atoms with Gasteiger partial charge in [0.05, 0.1) is 5.25 Å². The second kappa shape index (κ2) is 15.4. The van der Waals surface area contributed by atoms with Crippen LogP contribution < -0.4 is 0 Å². The quantitative estimate of drug-likeness (QED) is 0.583. The van der Waals surface area contributed by atoms with E-state index < -0.39 is 0 Å². The topological polar surface area (TPSA) is 17.1 Å².